The summed E-state index contributed by atoms with van der Waals surface area (Å²) in [5.74, 6) is 4.10. The third-order valence-corrected chi connectivity index (χ3v) is 1.27. The van der Waals surface area contributed by atoms with E-state index in [0.717, 1.165) is 0 Å². The molecular weight excluding hydrogens is 109 g/mol. The number of hydrogen-bond acceptors (Lipinski definition) is 1. The van der Waals surface area contributed by atoms with Gasteiger partial charge < -0.3 is 0 Å². The Morgan fingerprint density at radius 1 is 1.44 bits per heavy atom. The minimum absolute atomic E-state index is 1.25. The first-order chi connectivity index (χ1) is 4.30. The van der Waals surface area contributed by atoms with Crippen LogP contribution in [0, 0.1) is 0 Å². The SMILES string of the molecule is CN(C)c1cbccc1. The number of rotatable bonds is 1. The standard InChI is InChI=1S/C7H10BN/c1-9(2)7-4-3-5-8-6-7/h3-6H,1-2H3. The summed E-state index contributed by atoms with van der Waals surface area (Å²) in [6.45, 7) is 2.04. The summed E-state index contributed by atoms with van der Waals surface area (Å²) in [6, 6.07) is 4.12. The maximum atomic E-state index is 2.08. The Bertz CT molecular complexity index is 172. The zero-order chi connectivity index (χ0) is 6.69. The van der Waals surface area contributed by atoms with Crippen LogP contribution in [0.25, 0.3) is 0 Å². The van der Waals surface area contributed by atoms with Gasteiger partial charge in [0.1, 0.15) is 0 Å². The fraction of sp³-hybridized carbons (Fsp3) is 0.286. The Labute approximate surface area is 56.5 Å². The average Bonchev–Trinajstić information content (AvgIpc) is 1.90. The predicted octanol–water partition coefficient (Wildman–Crippen LogP) is 1.09. The minimum atomic E-state index is 1.25. The van der Waals surface area contributed by atoms with Crippen molar-refractivity contribution in [2.45, 2.75) is 0 Å². The van der Waals surface area contributed by atoms with Crippen molar-refractivity contribution >= 4 is 12.6 Å². The van der Waals surface area contributed by atoms with Crippen molar-refractivity contribution in [2.24, 2.45) is 0 Å². The molecule has 0 N–H and O–H groups in total. The van der Waals surface area contributed by atoms with Crippen LogP contribution in [-0.4, -0.2) is 21.0 Å². The molecule has 46 valence electrons. The van der Waals surface area contributed by atoms with Crippen molar-refractivity contribution in [1.82, 2.24) is 0 Å². The number of anilines is 1. The zero-order valence-electron chi connectivity index (χ0n) is 5.83. The summed E-state index contributed by atoms with van der Waals surface area (Å²) in [6.07, 6.45) is 0. The molecule has 0 fully saturated rings. The van der Waals surface area contributed by atoms with Crippen molar-refractivity contribution < 1.29 is 0 Å². The van der Waals surface area contributed by atoms with Gasteiger partial charge in [0.15, 0.2) is 0 Å². The van der Waals surface area contributed by atoms with Crippen molar-refractivity contribution in [3.05, 3.63) is 24.1 Å². The van der Waals surface area contributed by atoms with E-state index in [1.807, 2.05) is 33.0 Å². The summed E-state index contributed by atoms with van der Waals surface area (Å²) < 4.78 is 0. The molecule has 0 aliphatic rings. The maximum absolute atomic E-state index is 2.08. The Morgan fingerprint density at radius 2 is 2.22 bits per heavy atom. The summed E-state index contributed by atoms with van der Waals surface area (Å²) in [7, 11) is 4.07. The van der Waals surface area contributed by atoms with Gasteiger partial charge in [0.2, 0.25) is 0 Å². The fourth-order valence-corrected chi connectivity index (χ4v) is 0.726. The second-order valence-electron chi connectivity index (χ2n) is 2.23. The Morgan fingerprint density at radius 3 is 2.56 bits per heavy atom. The molecule has 1 aromatic rings. The molecule has 9 heavy (non-hydrogen) atoms. The van der Waals surface area contributed by atoms with Crippen LogP contribution in [-0.2, 0) is 0 Å². The molecule has 1 aromatic heterocycles. The van der Waals surface area contributed by atoms with E-state index in [9.17, 15) is 0 Å². The first-order valence-electron chi connectivity index (χ1n) is 3.03. The van der Waals surface area contributed by atoms with Crippen LogP contribution < -0.4 is 4.90 Å². The van der Waals surface area contributed by atoms with Gasteiger partial charge in [-0.3, -0.25) is 0 Å². The van der Waals surface area contributed by atoms with Gasteiger partial charge in [-0.1, -0.05) is 0 Å². The molecule has 1 rings (SSSR count). The predicted molar refractivity (Wildman–Crippen MR) is 42.1 cm³/mol. The van der Waals surface area contributed by atoms with Crippen molar-refractivity contribution in [2.75, 3.05) is 19.0 Å². The van der Waals surface area contributed by atoms with Gasteiger partial charge in [0, 0.05) is 0 Å². The van der Waals surface area contributed by atoms with E-state index in [0.29, 0.717) is 0 Å². The van der Waals surface area contributed by atoms with Crippen LogP contribution >= 0.6 is 0 Å². The molecule has 0 spiro atoms. The molecule has 0 atom stereocenters. The van der Waals surface area contributed by atoms with Crippen molar-refractivity contribution in [3.63, 3.8) is 0 Å². The monoisotopic (exact) mass is 119 g/mol. The molecule has 0 bridgehead atoms. The van der Waals surface area contributed by atoms with Crippen LogP contribution in [0.5, 0.6) is 0 Å². The molecule has 0 aliphatic heterocycles. The van der Waals surface area contributed by atoms with E-state index in [1.165, 1.54) is 5.69 Å². The second kappa shape index (κ2) is 2.67. The molecular formula is C7H10BN. The van der Waals surface area contributed by atoms with Gasteiger partial charge in [-0.25, -0.2) is 0 Å². The van der Waals surface area contributed by atoms with Crippen LogP contribution in [0.2, 0.25) is 0 Å². The van der Waals surface area contributed by atoms with Crippen LogP contribution in [0.1, 0.15) is 0 Å². The molecule has 1 nitrogen and oxygen atoms in total. The molecule has 0 aromatic carbocycles. The van der Waals surface area contributed by atoms with Crippen LogP contribution in [0.4, 0.5) is 5.69 Å². The fourth-order valence-electron chi connectivity index (χ4n) is 0.726. The summed E-state index contributed by atoms with van der Waals surface area (Å²) in [4.78, 5) is 2.08. The molecule has 0 aliphatic carbocycles. The van der Waals surface area contributed by atoms with Gasteiger partial charge in [0.05, 0.1) is 0 Å². The van der Waals surface area contributed by atoms with E-state index in [-0.39, 0.29) is 0 Å². The third-order valence-electron chi connectivity index (χ3n) is 1.27. The molecule has 2 heteroatoms. The van der Waals surface area contributed by atoms with E-state index in [1.54, 1.807) is 0 Å². The number of nitrogens with zero attached hydrogens (tertiary/aromatic N) is 1. The van der Waals surface area contributed by atoms with Gasteiger partial charge in [0.25, 0.3) is 0 Å². The first-order valence-corrected chi connectivity index (χ1v) is 3.03. The summed E-state index contributed by atoms with van der Waals surface area (Å²) >= 11 is 0. The Balaban J connectivity index is 2.85. The van der Waals surface area contributed by atoms with Crippen molar-refractivity contribution in [1.29, 1.82) is 0 Å². The molecule has 0 saturated carbocycles. The van der Waals surface area contributed by atoms with Gasteiger partial charge in [-0.2, -0.15) is 0 Å². The van der Waals surface area contributed by atoms with Crippen molar-refractivity contribution in [3.8, 4) is 0 Å². The summed E-state index contributed by atoms with van der Waals surface area (Å²) in [5.41, 5.74) is 1.25. The summed E-state index contributed by atoms with van der Waals surface area (Å²) in [5, 5.41) is 0. The van der Waals surface area contributed by atoms with E-state index in [2.05, 4.69) is 16.9 Å². The Kier molecular flexibility index (Phi) is 1.88. The van der Waals surface area contributed by atoms with Gasteiger partial charge in [-0.15, -0.1) is 0 Å². The average molecular weight is 119 g/mol. The van der Waals surface area contributed by atoms with E-state index < -0.39 is 0 Å². The normalized spacial score (nSPS) is 8.67. The van der Waals surface area contributed by atoms with Crippen LogP contribution in [0.15, 0.2) is 24.1 Å². The van der Waals surface area contributed by atoms with Gasteiger partial charge >= 0.3 is 55.6 Å². The Hall–Kier alpha value is -0.785. The second-order valence-corrected chi connectivity index (χ2v) is 2.23. The van der Waals surface area contributed by atoms with Gasteiger partial charge in [-0.05, 0) is 0 Å². The van der Waals surface area contributed by atoms with E-state index in [4.69, 9.17) is 0 Å². The molecule has 0 saturated heterocycles. The molecule has 0 radical (unpaired) electrons. The molecule has 1 heterocycles. The quantitative estimate of drug-likeness (QED) is 0.534. The van der Waals surface area contributed by atoms with Crippen LogP contribution in [0.3, 0.4) is 0 Å². The van der Waals surface area contributed by atoms with E-state index >= 15 is 0 Å². The third kappa shape index (κ3) is 1.56. The number of hydrogen-bond donors (Lipinski definition) is 0. The molecule has 0 amide bonds. The first kappa shape index (κ1) is 6.34. The molecule has 0 unspecified atom stereocenters. The topological polar surface area (TPSA) is 3.24 Å². The zero-order valence-corrected chi connectivity index (χ0v) is 5.83.